The number of likely N-dealkylation sites (tertiary alicyclic amines) is 1. The van der Waals surface area contributed by atoms with Crippen molar-refractivity contribution in [2.24, 2.45) is 23.2 Å². The van der Waals surface area contributed by atoms with Gasteiger partial charge in [0.2, 0.25) is 11.8 Å². The fourth-order valence-corrected chi connectivity index (χ4v) is 4.85. The summed E-state index contributed by atoms with van der Waals surface area (Å²) in [5.74, 6) is 1.46. The molecule has 136 valence electrons. The predicted octanol–water partition coefficient (Wildman–Crippen LogP) is 1.78. The Bertz CT molecular complexity index is 479. The van der Waals surface area contributed by atoms with E-state index in [1.54, 1.807) is 0 Å². The Morgan fingerprint density at radius 2 is 2.08 bits per heavy atom. The van der Waals surface area contributed by atoms with E-state index in [1.165, 1.54) is 19.3 Å². The molecule has 0 bridgehead atoms. The van der Waals surface area contributed by atoms with Gasteiger partial charge in [-0.2, -0.15) is 0 Å². The molecule has 2 heterocycles. The Balaban J connectivity index is 1.60. The molecule has 5 heteroatoms. The van der Waals surface area contributed by atoms with Crippen molar-refractivity contribution < 1.29 is 9.59 Å². The quantitative estimate of drug-likeness (QED) is 0.823. The number of nitrogens with zero attached hydrogens (tertiary/aromatic N) is 1. The van der Waals surface area contributed by atoms with Gasteiger partial charge in [-0.1, -0.05) is 26.7 Å². The van der Waals surface area contributed by atoms with Crippen LogP contribution in [0.25, 0.3) is 0 Å². The molecule has 3 atom stereocenters. The van der Waals surface area contributed by atoms with Crippen molar-refractivity contribution in [2.45, 2.75) is 52.4 Å². The molecule has 3 aliphatic rings. The minimum atomic E-state index is -0.138. The van der Waals surface area contributed by atoms with Crippen LogP contribution in [0.5, 0.6) is 0 Å². The Morgan fingerprint density at radius 1 is 1.25 bits per heavy atom. The third kappa shape index (κ3) is 3.46. The average Bonchev–Trinajstić information content (AvgIpc) is 3.04. The summed E-state index contributed by atoms with van der Waals surface area (Å²) in [5, 5.41) is 6.53. The van der Waals surface area contributed by atoms with E-state index in [0.29, 0.717) is 24.3 Å². The number of fused-ring (bicyclic) bond motifs is 1. The second-order valence-corrected chi connectivity index (χ2v) is 8.39. The second kappa shape index (κ2) is 7.42. The van der Waals surface area contributed by atoms with Gasteiger partial charge in [-0.3, -0.25) is 9.59 Å². The van der Waals surface area contributed by atoms with Gasteiger partial charge in [0.25, 0.3) is 0 Å². The van der Waals surface area contributed by atoms with Crippen molar-refractivity contribution in [1.82, 2.24) is 15.5 Å². The first kappa shape index (κ1) is 17.7. The van der Waals surface area contributed by atoms with Crippen molar-refractivity contribution >= 4 is 11.8 Å². The zero-order valence-electron chi connectivity index (χ0n) is 15.3. The van der Waals surface area contributed by atoms with Crippen molar-refractivity contribution in [3.05, 3.63) is 0 Å². The average molecular weight is 335 g/mol. The number of amides is 2. The first-order valence-corrected chi connectivity index (χ1v) is 9.81. The van der Waals surface area contributed by atoms with Gasteiger partial charge in [0, 0.05) is 32.1 Å². The smallest absolute Gasteiger partial charge is 0.230 e. The van der Waals surface area contributed by atoms with Crippen molar-refractivity contribution in [3.8, 4) is 0 Å². The zero-order valence-corrected chi connectivity index (χ0v) is 15.3. The van der Waals surface area contributed by atoms with Gasteiger partial charge in [0.15, 0.2) is 0 Å². The Hall–Kier alpha value is -1.10. The van der Waals surface area contributed by atoms with Crippen LogP contribution in [0, 0.1) is 23.2 Å². The molecule has 0 radical (unpaired) electrons. The van der Waals surface area contributed by atoms with Crippen LogP contribution in [0.4, 0.5) is 0 Å². The molecule has 2 aliphatic heterocycles. The lowest BCUT2D eigenvalue weighted by atomic mass is 9.67. The molecule has 1 saturated carbocycles. The maximum Gasteiger partial charge on any atom is 0.230 e. The van der Waals surface area contributed by atoms with Crippen LogP contribution < -0.4 is 10.6 Å². The number of carbonyl (C=O) groups excluding carboxylic acids is 2. The van der Waals surface area contributed by atoms with Crippen molar-refractivity contribution in [3.63, 3.8) is 0 Å². The summed E-state index contributed by atoms with van der Waals surface area (Å²) in [6, 6.07) is 0. The SMILES string of the molecule is CC(C)C(=O)NCC1CCCN(C(=O)[C@@]23CCCC[C@H]2CNC3)C1. The summed E-state index contributed by atoms with van der Waals surface area (Å²) in [7, 11) is 0. The lowest BCUT2D eigenvalue weighted by Crippen LogP contribution is -2.53. The molecule has 2 saturated heterocycles. The van der Waals surface area contributed by atoms with E-state index in [2.05, 4.69) is 15.5 Å². The van der Waals surface area contributed by atoms with E-state index in [1.807, 2.05) is 13.8 Å². The minimum absolute atomic E-state index is 0.0257. The predicted molar refractivity (Wildman–Crippen MR) is 94.4 cm³/mol. The molecule has 2 N–H and O–H groups in total. The molecule has 0 aromatic carbocycles. The fourth-order valence-electron chi connectivity index (χ4n) is 4.85. The lowest BCUT2D eigenvalue weighted by molar-refractivity contribution is -0.147. The van der Waals surface area contributed by atoms with Gasteiger partial charge in [0.05, 0.1) is 5.41 Å². The highest BCUT2D eigenvalue weighted by molar-refractivity contribution is 5.84. The highest BCUT2D eigenvalue weighted by atomic mass is 16.2. The molecule has 24 heavy (non-hydrogen) atoms. The fraction of sp³-hybridized carbons (Fsp3) is 0.895. The molecule has 0 aromatic rings. The third-order valence-electron chi connectivity index (χ3n) is 6.36. The molecule has 5 nitrogen and oxygen atoms in total. The van der Waals surface area contributed by atoms with Crippen LogP contribution in [-0.4, -0.2) is 49.4 Å². The summed E-state index contributed by atoms with van der Waals surface area (Å²) >= 11 is 0. The van der Waals surface area contributed by atoms with E-state index >= 15 is 0 Å². The molecule has 2 amide bonds. The number of carbonyl (C=O) groups is 2. The summed E-state index contributed by atoms with van der Waals surface area (Å²) in [6.45, 7) is 8.11. The first-order valence-electron chi connectivity index (χ1n) is 9.81. The minimum Gasteiger partial charge on any atom is -0.356 e. The maximum absolute atomic E-state index is 13.3. The van der Waals surface area contributed by atoms with Gasteiger partial charge < -0.3 is 15.5 Å². The van der Waals surface area contributed by atoms with Crippen molar-refractivity contribution in [1.29, 1.82) is 0 Å². The molecule has 3 fully saturated rings. The molecule has 0 aromatic heterocycles. The van der Waals surface area contributed by atoms with Gasteiger partial charge in [-0.25, -0.2) is 0 Å². The summed E-state index contributed by atoms with van der Waals surface area (Å²) in [5.41, 5.74) is -0.138. The van der Waals surface area contributed by atoms with Gasteiger partial charge in [-0.15, -0.1) is 0 Å². The standard InChI is InChI=1S/C19H33N3O2/c1-14(2)17(23)21-10-15-6-5-9-22(12-15)18(24)19-8-4-3-7-16(19)11-20-13-19/h14-16,20H,3-13H2,1-2H3,(H,21,23)/t15?,16-,19+/m0/s1. The third-order valence-corrected chi connectivity index (χ3v) is 6.36. The van der Waals surface area contributed by atoms with Crippen LogP contribution >= 0.6 is 0 Å². The summed E-state index contributed by atoms with van der Waals surface area (Å²) < 4.78 is 0. The highest BCUT2D eigenvalue weighted by Gasteiger charge is 2.51. The van der Waals surface area contributed by atoms with Crippen LogP contribution in [0.1, 0.15) is 52.4 Å². The van der Waals surface area contributed by atoms with Crippen LogP contribution in [0.15, 0.2) is 0 Å². The highest BCUT2D eigenvalue weighted by Crippen LogP contribution is 2.45. The molecular formula is C19H33N3O2. The van der Waals surface area contributed by atoms with Gasteiger partial charge >= 0.3 is 0 Å². The Morgan fingerprint density at radius 3 is 2.88 bits per heavy atom. The molecule has 0 spiro atoms. The number of hydrogen-bond acceptors (Lipinski definition) is 3. The van der Waals surface area contributed by atoms with Gasteiger partial charge in [-0.05, 0) is 44.1 Å². The van der Waals surface area contributed by atoms with E-state index < -0.39 is 0 Å². The molecular weight excluding hydrogens is 302 g/mol. The number of rotatable bonds is 4. The monoisotopic (exact) mass is 335 g/mol. The van der Waals surface area contributed by atoms with E-state index in [9.17, 15) is 9.59 Å². The van der Waals surface area contributed by atoms with E-state index in [-0.39, 0.29) is 17.2 Å². The second-order valence-electron chi connectivity index (χ2n) is 8.39. The Kier molecular flexibility index (Phi) is 5.48. The molecule has 3 rings (SSSR count). The zero-order chi connectivity index (χ0) is 17.2. The summed E-state index contributed by atoms with van der Waals surface area (Å²) in [6.07, 6.45) is 6.87. The van der Waals surface area contributed by atoms with Gasteiger partial charge in [0.1, 0.15) is 0 Å². The van der Waals surface area contributed by atoms with E-state index in [0.717, 1.165) is 45.4 Å². The lowest BCUT2D eigenvalue weighted by Gasteiger charge is -2.43. The number of piperidine rings is 1. The van der Waals surface area contributed by atoms with Crippen LogP contribution in [-0.2, 0) is 9.59 Å². The molecule has 1 unspecified atom stereocenters. The molecule has 1 aliphatic carbocycles. The topological polar surface area (TPSA) is 61.4 Å². The normalized spacial score (nSPS) is 33.4. The first-order chi connectivity index (χ1) is 11.5. The maximum atomic E-state index is 13.3. The van der Waals surface area contributed by atoms with Crippen LogP contribution in [0.2, 0.25) is 0 Å². The Labute approximate surface area is 145 Å². The summed E-state index contributed by atoms with van der Waals surface area (Å²) in [4.78, 5) is 27.3. The van der Waals surface area contributed by atoms with E-state index in [4.69, 9.17) is 0 Å². The van der Waals surface area contributed by atoms with Crippen molar-refractivity contribution in [2.75, 3.05) is 32.7 Å². The number of hydrogen-bond donors (Lipinski definition) is 2. The van der Waals surface area contributed by atoms with Crippen LogP contribution in [0.3, 0.4) is 0 Å². The number of nitrogens with one attached hydrogen (secondary N) is 2. The largest absolute Gasteiger partial charge is 0.356 e.